The number of imidazole rings is 1. The highest BCUT2D eigenvalue weighted by molar-refractivity contribution is 9.10. The van der Waals surface area contributed by atoms with Crippen LogP contribution < -0.4 is 5.32 Å². The predicted molar refractivity (Wildman–Crippen MR) is 126 cm³/mol. The van der Waals surface area contributed by atoms with E-state index in [1.165, 1.54) is 12.1 Å². The van der Waals surface area contributed by atoms with Crippen molar-refractivity contribution >= 4 is 38.6 Å². The zero-order valence-electron chi connectivity index (χ0n) is 17.3. The molecule has 6 nitrogen and oxygen atoms in total. The summed E-state index contributed by atoms with van der Waals surface area (Å²) < 4.78 is 43.2. The second-order valence-electron chi connectivity index (χ2n) is 7.43. The van der Waals surface area contributed by atoms with Gasteiger partial charge in [-0.3, -0.25) is 4.79 Å². The molecule has 170 valence electrons. The molecular weight excluding hydrogens is 511 g/mol. The highest BCUT2D eigenvalue weighted by atomic mass is 79.9. The van der Waals surface area contributed by atoms with Gasteiger partial charge < -0.3 is 10.3 Å². The summed E-state index contributed by atoms with van der Waals surface area (Å²) in [6.45, 7) is 0. The summed E-state index contributed by atoms with van der Waals surface area (Å²) in [5.74, 6) is -0.339. The van der Waals surface area contributed by atoms with Gasteiger partial charge in [-0.2, -0.15) is 18.3 Å². The van der Waals surface area contributed by atoms with Crippen LogP contribution in [0.25, 0.3) is 28.1 Å². The Morgan fingerprint density at radius 3 is 2.50 bits per heavy atom. The van der Waals surface area contributed by atoms with Crippen LogP contribution in [0, 0.1) is 0 Å². The van der Waals surface area contributed by atoms with E-state index in [0.717, 1.165) is 17.2 Å². The molecule has 5 rings (SSSR count). The monoisotopic (exact) mass is 525 g/mol. The number of hydrogen-bond acceptors (Lipinski definition) is 3. The van der Waals surface area contributed by atoms with Gasteiger partial charge in [0.25, 0.3) is 5.91 Å². The first-order valence-electron chi connectivity index (χ1n) is 10.1. The number of fused-ring (bicyclic) bond motifs is 1. The number of rotatable bonds is 4. The molecule has 0 atom stereocenters. The lowest BCUT2D eigenvalue weighted by atomic mass is 10.1. The van der Waals surface area contributed by atoms with E-state index in [1.807, 2.05) is 24.3 Å². The van der Waals surface area contributed by atoms with Crippen LogP contribution in [0.15, 0.2) is 83.5 Å². The molecule has 5 aromatic rings. The molecular formula is C24H15BrF3N5O. The number of para-hydroxylation sites is 2. The summed E-state index contributed by atoms with van der Waals surface area (Å²) in [7, 11) is 0. The lowest BCUT2D eigenvalue weighted by Gasteiger charge is -2.13. The van der Waals surface area contributed by atoms with E-state index >= 15 is 0 Å². The van der Waals surface area contributed by atoms with Crippen molar-refractivity contribution in [3.05, 3.63) is 94.7 Å². The van der Waals surface area contributed by atoms with Gasteiger partial charge in [0.1, 0.15) is 5.82 Å². The normalized spacial score (nSPS) is 11.6. The van der Waals surface area contributed by atoms with Crippen LogP contribution in [-0.4, -0.2) is 25.7 Å². The fourth-order valence-corrected chi connectivity index (χ4v) is 3.86. The quantitative estimate of drug-likeness (QED) is 0.283. The standard InChI is InChI=1S/C24H15BrF3N5O/c25-15-8-10-17(11-9-15)33-21(24(26,27)28)18(13-29-33)23(34)30-16-5-3-4-14(12-16)22-31-19-6-1-2-7-20(19)32-22/h1-13H,(H,30,34)(H,31,32). The minimum Gasteiger partial charge on any atom is -0.338 e. The topological polar surface area (TPSA) is 75.6 Å². The number of anilines is 1. The van der Waals surface area contributed by atoms with Crippen molar-refractivity contribution in [3.63, 3.8) is 0 Å². The Morgan fingerprint density at radius 1 is 1.00 bits per heavy atom. The van der Waals surface area contributed by atoms with E-state index in [1.54, 1.807) is 36.4 Å². The third-order valence-electron chi connectivity index (χ3n) is 5.14. The molecule has 10 heteroatoms. The zero-order chi connectivity index (χ0) is 23.9. The fourth-order valence-electron chi connectivity index (χ4n) is 3.60. The molecule has 2 aromatic heterocycles. The number of aromatic amines is 1. The Hall–Kier alpha value is -3.92. The Kier molecular flexibility index (Phi) is 5.45. The second-order valence-corrected chi connectivity index (χ2v) is 8.35. The molecule has 34 heavy (non-hydrogen) atoms. The molecule has 0 saturated heterocycles. The molecule has 2 heterocycles. The van der Waals surface area contributed by atoms with Crippen LogP contribution >= 0.6 is 15.9 Å². The summed E-state index contributed by atoms with van der Waals surface area (Å²) in [5.41, 5.74) is 1.08. The summed E-state index contributed by atoms with van der Waals surface area (Å²) >= 11 is 3.25. The smallest absolute Gasteiger partial charge is 0.338 e. The molecule has 0 spiro atoms. The van der Waals surface area contributed by atoms with Crippen LogP contribution in [-0.2, 0) is 6.18 Å². The lowest BCUT2D eigenvalue weighted by molar-refractivity contribution is -0.143. The fraction of sp³-hybridized carbons (Fsp3) is 0.0417. The number of nitrogens with one attached hydrogen (secondary N) is 2. The van der Waals surface area contributed by atoms with Crippen molar-refractivity contribution in [2.75, 3.05) is 5.32 Å². The van der Waals surface area contributed by atoms with Gasteiger partial charge in [0, 0.05) is 15.7 Å². The minimum atomic E-state index is -4.80. The third kappa shape index (κ3) is 4.19. The number of halogens is 4. The van der Waals surface area contributed by atoms with Gasteiger partial charge in [0.05, 0.1) is 28.5 Å². The number of alkyl halides is 3. The number of nitrogens with zero attached hydrogens (tertiary/aromatic N) is 3. The van der Waals surface area contributed by atoms with Crippen molar-refractivity contribution in [2.45, 2.75) is 6.18 Å². The Labute approximate surface area is 199 Å². The molecule has 0 bridgehead atoms. The third-order valence-corrected chi connectivity index (χ3v) is 5.67. The van der Waals surface area contributed by atoms with Crippen molar-refractivity contribution in [1.29, 1.82) is 0 Å². The average molecular weight is 526 g/mol. The van der Waals surface area contributed by atoms with Gasteiger partial charge in [-0.05, 0) is 48.5 Å². The Morgan fingerprint density at radius 2 is 1.76 bits per heavy atom. The summed E-state index contributed by atoms with van der Waals surface area (Å²) in [5, 5.41) is 6.39. The molecule has 0 radical (unpaired) electrons. The van der Waals surface area contributed by atoms with Crippen molar-refractivity contribution < 1.29 is 18.0 Å². The first kappa shape index (κ1) is 21.9. The van der Waals surface area contributed by atoms with Gasteiger partial charge >= 0.3 is 6.18 Å². The maximum absolute atomic E-state index is 13.9. The van der Waals surface area contributed by atoms with Crippen LogP contribution in [0.2, 0.25) is 0 Å². The summed E-state index contributed by atoms with van der Waals surface area (Å²) in [6.07, 6.45) is -3.88. The van der Waals surface area contributed by atoms with E-state index in [2.05, 4.69) is 36.3 Å². The van der Waals surface area contributed by atoms with Crippen LogP contribution in [0.5, 0.6) is 0 Å². The molecule has 1 amide bonds. The zero-order valence-corrected chi connectivity index (χ0v) is 18.9. The van der Waals surface area contributed by atoms with Gasteiger partial charge in [-0.1, -0.05) is 40.2 Å². The largest absolute Gasteiger partial charge is 0.434 e. The summed E-state index contributed by atoms with van der Waals surface area (Å²) in [4.78, 5) is 20.6. The Balaban J connectivity index is 1.47. The number of aromatic nitrogens is 4. The van der Waals surface area contributed by atoms with Crippen LogP contribution in [0.3, 0.4) is 0 Å². The van der Waals surface area contributed by atoms with Crippen molar-refractivity contribution in [1.82, 2.24) is 19.7 Å². The first-order valence-corrected chi connectivity index (χ1v) is 10.9. The van der Waals surface area contributed by atoms with E-state index in [9.17, 15) is 18.0 Å². The molecule has 0 fully saturated rings. The number of H-pyrrole nitrogens is 1. The van der Waals surface area contributed by atoms with Gasteiger partial charge in [-0.15, -0.1) is 0 Å². The molecule has 0 unspecified atom stereocenters. The van der Waals surface area contributed by atoms with Crippen molar-refractivity contribution in [3.8, 4) is 17.1 Å². The van der Waals surface area contributed by atoms with E-state index < -0.39 is 23.3 Å². The number of carbonyl (C=O) groups is 1. The van der Waals surface area contributed by atoms with Gasteiger partial charge in [0.15, 0.2) is 5.69 Å². The maximum Gasteiger partial charge on any atom is 0.434 e. The first-order chi connectivity index (χ1) is 16.3. The van der Waals surface area contributed by atoms with Crippen molar-refractivity contribution in [2.24, 2.45) is 0 Å². The highest BCUT2D eigenvalue weighted by Crippen LogP contribution is 2.34. The SMILES string of the molecule is O=C(Nc1cccc(-c2nc3ccccc3[nH]2)c1)c1cnn(-c2ccc(Br)cc2)c1C(F)(F)F. The second kappa shape index (κ2) is 8.45. The van der Waals surface area contributed by atoms with Crippen LogP contribution in [0.1, 0.15) is 16.1 Å². The molecule has 2 N–H and O–H groups in total. The predicted octanol–water partition coefficient (Wildman–Crippen LogP) is 6.45. The van der Waals surface area contributed by atoms with Crippen LogP contribution in [0.4, 0.5) is 18.9 Å². The summed E-state index contributed by atoms with van der Waals surface area (Å²) in [6, 6.07) is 20.4. The molecule has 0 saturated carbocycles. The molecule has 0 aliphatic rings. The van der Waals surface area contributed by atoms with E-state index in [4.69, 9.17) is 0 Å². The van der Waals surface area contributed by atoms with E-state index in [0.29, 0.717) is 26.2 Å². The lowest BCUT2D eigenvalue weighted by Crippen LogP contribution is -2.20. The van der Waals surface area contributed by atoms with Gasteiger partial charge in [0.2, 0.25) is 0 Å². The number of benzene rings is 3. The average Bonchev–Trinajstić information content (AvgIpc) is 3.45. The van der Waals surface area contributed by atoms with Gasteiger partial charge in [-0.25, -0.2) is 9.67 Å². The number of hydrogen-bond donors (Lipinski definition) is 2. The highest BCUT2D eigenvalue weighted by Gasteiger charge is 2.40. The Bertz CT molecular complexity index is 1470. The molecule has 0 aliphatic heterocycles. The minimum absolute atomic E-state index is 0.182. The molecule has 0 aliphatic carbocycles. The number of carbonyl (C=O) groups excluding carboxylic acids is 1. The number of amides is 1. The maximum atomic E-state index is 13.9. The molecule has 3 aromatic carbocycles. The van der Waals surface area contributed by atoms with E-state index in [-0.39, 0.29) is 5.69 Å².